The smallest absolute Gasteiger partial charge is 0.258 e. The van der Waals surface area contributed by atoms with E-state index in [2.05, 4.69) is 42.8 Å². The lowest BCUT2D eigenvalue weighted by molar-refractivity contribution is 0.0904. The second-order valence-corrected chi connectivity index (χ2v) is 13.3. The third-order valence-corrected chi connectivity index (χ3v) is 10.1. The van der Waals surface area contributed by atoms with Gasteiger partial charge >= 0.3 is 0 Å². The minimum Gasteiger partial charge on any atom is -0.381 e. The molecule has 0 bridgehead atoms. The summed E-state index contributed by atoms with van der Waals surface area (Å²) >= 11 is 1.24. The molecule has 0 spiro atoms. The minimum absolute atomic E-state index is 0.222. The number of halogens is 2. The van der Waals surface area contributed by atoms with Crippen molar-refractivity contribution >= 4 is 45.8 Å². The molecule has 11 heteroatoms. The van der Waals surface area contributed by atoms with Crippen molar-refractivity contribution in [3.05, 3.63) is 71.8 Å². The molecule has 3 saturated heterocycles. The van der Waals surface area contributed by atoms with Crippen LogP contribution in [0.25, 0.3) is 10.9 Å². The molecule has 3 aliphatic heterocycles. The summed E-state index contributed by atoms with van der Waals surface area (Å²) in [6.45, 7) is 5.87. The molecule has 236 valence electrons. The molecule has 1 amide bonds. The van der Waals surface area contributed by atoms with Gasteiger partial charge in [-0.05, 0) is 100 Å². The number of piperidine rings is 1. The number of carbonyl (C=O) groups excluding carboxylic acids is 1. The first-order valence-corrected chi connectivity index (χ1v) is 16.7. The zero-order valence-corrected chi connectivity index (χ0v) is 26.0. The van der Waals surface area contributed by atoms with Crippen LogP contribution in [0.1, 0.15) is 48.9 Å². The van der Waals surface area contributed by atoms with Gasteiger partial charge in [0.2, 0.25) is 0 Å². The number of fused-ring (bicyclic) bond motifs is 1. The molecule has 0 atom stereocenters. The molecule has 4 aromatic rings. The minimum atomic E-state index is -0.627. The second-order valence-electron chi connectivity index (χ2n) is 12.2. The molecule has 45 heavy (non-hydrogen) atoms. The van der Waals surface area contributed by atoms with Crippen molar-refractivity contribution in [1.82, 2.24) is 15.1 Å². The van der Waals surface area contributed by atoms with Crippen LogP contribution in [0.15, 0.2) is 64.4 Å². The molecular weight excluding hydrogens is 594 g/mol. The van der Waals surface area contributed by atoms with Crippen molar-refractivity contribution < 1.29 is 18.3 Å². The topological polar surface area (TPSA) is 85.5 Å². The lowest BCUT2D eigenvalue weighted by Crippen LogP contribution is -2.43. The highest BCUT2D eigenvalue weighted by molar-refractivity contribution is 7.99. The molecular formula is C34H38F2N6O2S. The number of aromatic nitrogens is 2. The van der Waals surface area contributed by atoms with E-state index >= 15 is 0 Å². The van der Waals surface area contributed by atoms with Gasteiger partial charge in [-0.2, -0.15) is 5.10 Å². The lowest BCUT2D eigenvalue weighted by atomic mass is 10.0. The quantitative estimate of drug-likeness (QED) is 0.195. The number of hydrogen-bond donors (Lipinski definition) is 3. The van der Waals surface area contributed by atoms with E-state index in [1.165, 1.54) is 49.8 Å². The van der Waals surface area contributed by atoms with E-state index in [0.717, 1.165) is 66.6 Å². The summed E-state index contributed by atoms with van der Waals surface area (Å²) in [4.78, 5) is 20.1. The molecule has 3 aromatic carbocycles. The highest BCUT2D eigenvalue weighted by Gasteiger charge is 2.27. The van der Waals surface area contributed by atoms with Crippen LogP contribution in [0, 0.1) is 11.6 Å². The summed E-state index contributed by atoms with van der Waals surface area (Å²) < 4.78 is 33.1. The molecule has 0 aliphatic carbocycles. The number of ether oxygens (including phenoxy) is 1. The number of anilines is 3. The first kappa shape index (κ1) is 30.0. The van der Waals surface area contributed by atoms with E-state index < -0.39 is 11.6 Å². The van der Waals surface area contributed by atoms with Crippen molar-refractivity contribution in [3.8, 4) is 0 Å². The van der Waals surface area contributed by atoms with E-state index in [0.29, 0.717) is 40.9 Å². The Morgan fingerprint density at radius 2 is 1.64 bits per heavy atom. The van der Waals surface area contributed by atoms with E-state index in [1.807, 2.05) is 24.3 Å². The van der Waals surface area contributed by atoms with Gasteiger partial charge in [-0.25, -0.2) is 8.78 Å². The van der Waals surface area contributed by atoms with Gasteiger partial charge in [-0.3, -0.25) is 9.89 Å². The normalized spacial score (nSPS) is 18.5. The fourth-order valence-corrected chi connectivity index (χ4v) is 7.68. The Morgan fingerprint density at radius 1 is 0.889 bits per heavy atom. The molecule has 0 radical (unpaired) electrons. The highest BCUT2D eigenvalue weighted by Crippen LogP contribution is 2.34. The Hall–Kier alpha value is -3.67. The fourth-order valence-electron chi connectivity index (χ4n) is 6.75. The van der Waals surface area contributed by atoms with Crippen molar-refractivity contribution in [2.45, 2.75) is 60.4 Å². The third-order valence-electron chi connectivity index (χ3n) is 9.15. The molecule has 3 aliphatic rings. The van der Waals surface area contributed by atoms with Crippen LogP contribution in [0.5, 0.6) is 0 Å². The number of rotatable bonds is 8. The molecule has 8 nitrogen and oxygen atoms in total. The number of carbonyl (C=O) groups is 1. The maximum Gasteiger partial charge on any atom is 0.258 e. The van der Waals surface area contributed by atoms with E-state index in [-0.39, 0.29) is 11.9 Å². The Labute approximate surface area is 265 Å². The number of likely N-dealkylation sites (tertiary alicyclic amines) is 1. The van der Waals surface area contributed by atoms with Crippen LogP contribution < -0.4 is 15.5 Å². The van der Waals surface area contributed by atoms with Gasteiger partial charge < -0.3 is 25.2 Å². The van der Waals surface area contributed by atoms with Crippen molar-refractivity contribution in [2.24, 2.45) is 0 Å². The first-order chi connectivity index (χ1) is 22.0. The van der Waals surface area contributed by atoms with Gasteiger partial charge in [0.25, 0.3) is 5.91 Å². The SMILES string of the molecule is O=C(Nc1n[nH]c2ccc(Sc3cc(F)cc(F)c3)cc12)c1ccc(N2CCC(N3CCCC3)CC2)cc1NC1CCOCC1. The Balaban J connectivity index is 1.11. The van der Waals surface area contributed by atoms with Gasteiger partial charge in [0.1, 0.15) is 11.6 Å². The summed E-state index contributed by atoms with van der Waals surface area (Å²) in [6, 6.07) is 16.0. The van der Waals surface area contributed by atoms with Gasteiger partial charge in [-0.15, -0.1) is 0 Å². The summed E-state index contributed by atoms with van der Waals surface area (Å²) in [7, 11) is 0. The number of benzene rings is 3. The van der Waals surface area contributed by atoms with Crippen LogP contribution in [0.3, 0.4) is 0 Å². The predicted molar refractivity (Wildman–Crippen MR) is 174 cm³/mol. The fraction of sp³-hybridized carbons (Fsp3) is 0.412. The van der Waals surface area contributed by atoms with Crippen LogP contribution in [-0.4, -0.2) is 72.5 Å². The van der Waals surface area contributed by atoms with Crippen molar-refractivity contribution in [1.29, 1.82) is 0 Å². The number of amides is 1. The highest BCUT2D eigenvalue weighted by atomic mass is 32.2. The Bertz CT molecular complexity index is 1640. The van der Waals surface area contributed by atoms with E-state index in [4.69, 9.17) is 4.74 Å². The van der Waals surface area contributed by atoms with Crippen molar-refractivity contribution in [3.63, 3.8) is 0 Å². The van der Waals surface area contributed by atoms with Crippen LogP contribution >= 0.6 is 11.8 Å². The second kappa shape index (κ2) is 13.4. The van der Waals surface area contributed by atoms with Gasteiger partial charge in [0.15, 0.2) is 5.82 Å². The zero-order valence-electron chi connectivity index (χ0n) is 25.2. The average molecular weight is 633 g/mol. The maximum absolute atomic E-state index is 13.8. The van der Waals surface area contributed by atoms with E-state index in [1.54, 1.807) is 0 Å². The van der Waals surface area contributed by atoms with Gasteiger partial charge in [0, 0.05) is 71.0 Å². The van der Waals surface area contributed by atoms with Gasteiger partial charge in [-0.1, -0.05) is 11.8 Å². The van der Waals surface area contributed by atoms with Crippen LogP contribution in [0.2, 0.25) is 0 Å². The number of H-pyrrole nitrogens is 1. The first-order valence-electron chi connectivity index (χ1n) is 15.9. The summed E-state index contributed by atoms with van der Waals surface area (Å²) in [5.74, 6) is -1.12. The standard InChI is InChI=1S/C34H38F2N6O2S/c35-22-17-23(36)19-28(18-22)45-27-4-6-31-30(21-27)33(40-39-31)38-34(43)29-5-3-26(20-32(29)37-24-9-15-44-16-10-24)42-13-7-25(8-14-42)41-11-1-2-12-41/h3-6,17-21,24-25,37H,1-2,7-16H2,(H2,38,39,40,43). The predicted octanol–water partition coefficient (Wildman–Crippen LogP) is 6.90. The summed E-state index contributed by atoms with van der Waals surface area (Å²) in [6.07, 6.45) is 6.71. The van der Waals surface area contributed by atoms with Gasteiger partial charge in [0.05, 0.1) is 11.1 Å². The van der Waals surface area contributed by atoms with Crippen LogP contribution in [0.4, 0.5) is 26.0 Å². The maximum atomic E-state index is 13.8. The Morgan fingerprint density at radius 3 is 2.40 bits per heavy atom. The van der Waals surface area contributed by atoms with Crippen LogP contribution in [-0.2, 0) is 4.74 Å². The molecule has 0 saturated carbocycles. The van der Waals surface area contributed by atoms with E-state index in [9.17, 15) is 13.6 Å². The summed E-state index contributed by atoms with van der Waals surface area (Å²) in [5, 5.41) is 14.7. The molecule has 3 N–H and O–H groups in total. The monoisotopic (exact) mass is 632 g/mol. The number of nitrogens with one attached hydrogen (secondary N) is 3. The zero-order chi connectivity index (χ0) is 30.8. The van der Waals surface area contributed by atoms with Crippen molar-refractivity contribution in [2.75, 3.05) is 54.9 Å². The molecule has 0 unspecified atom stereocenters. The molecule has 3 fully saturated rings. The molecule has 4 heterocycles. The number of nitrogens with zero attached hydrogens (tertiary/aromatic N) is 3. The number of aromatic amines is 1. The Kier molecular flexibility index (Phi) is 8.91. The third kappa shape index (κ3) is 6.95. The summed E-state index contributed by atoms with van der Waals surface area (Å²) in [5.41, 5.74) is 3.23. The largest absolute Gasteiger partial charge is 0.381 e. The molecule has 1 aromatic heterocycles. The molecule has 7 rings (SSSR count). The number of hydrogen-bond acceptors (Lipinski definition) is 7. The lowest BCUT2D eigenvalue weighted by Gasteiger charge is -2.38. The average Bonchev–Trinajstić information content (AvgIpc) is 3.72.